The number of hydrogen-bond donors (Lipinski definition) is 1. The predicted octanol–water partition coefficient (Wildman–Crippen LogP) is 7.67. The smallest absolute Gasteiger partial charge is 0.138 e. The molecule has 1 N–H and O–H groups in total. The molecule has 0 aromatic heterocycles. The van der Waals surface area contributed by atoms with Crippen molar-refractivity contribution in [3.63, 3.8) is 0 Å². The van der Waals surface area contributed by atoms with Crippen LogP contribution < -0.4 is 0 Å². The van der Waals surface area contributed by atoms with Crippen LogP contribution in [0.1, 0.15) is 119 Å². The quantitative estimate of drug-likeness (QED) is 0.291. The Morgan fingerprint density at radius 1 is 0.950 bits per heavy atom. The summed E-state index contributed by atoms with van der Waals surface area (Å²) in [6.45, 7) is 22.3. The van der Waals surface area contributed by atoms with Gasteiger partial charge in [-0.2, -0.15) is 0 Å². The van der Waals surface area contributed by atoms with Gasteiger partial charge in [0.05, 0.1) is 6.54 Å². The van der Waals surface area contributed by atoms with E-state index in [4.69, 9.17) is 0 Å². The molecule has 1 aliphatic heterocycles. The van der Waals surface area contributed by atoms with E-state index in [2.05, 4.69) is 64.9 Å². The van der Waals surface area contributed by atoms with Gasteiger partial charge in [0.25, 0.3) is 0 Å². The van der Waals surface area contributed by atoms with Crippen LogP contribution in [0.15, 0.2) is 12.2 Å². The first-order valence-electron chi connectivity index (χ1n) is 16.9. The molecule has 0 spiro atoms. The summed E-state index contributed by atoms with van der Waals surface area (Å²) < 4.78 is 0. The van der Waals surface area contributed by atoms with Crippen LogP contribution in [0.25, 0.3) is 0 Å². The zero-order valence-corrected chi connectivity index (χ0v) is 26.6. The SMILES string of the molecule is C=C(C)[C@@H]1CC[C@]2([C@H](O)C#CCN3CCCC3)CC[C@]3(C)[C@H](CC[C@@H]4[C@@]5(C)CCC(=O)C(C)(C)[C@@H]5CC[C@]43C)[C@@H]12. The normalized spacial score (nSPS) is 48.7. The summed E-state index contributed by atoms with van der Waals surface area (Å²) in [6.07, 6.45) is 13.4. The third-order valence-electron chi connectivity index (χ3n) is 15.2. The number of nitrogens with zero attached hydrogens (tertiary/aromatic N) is 1. The molecule has 0 amide bonds. The summed E-state index contributed by atoms with van der Waals surface area (Å²) in [5, 5.41) is 11.9. The van der Waals surface area contributed by atoms with Crippen molar-refractivity contribution in [1.29, 1.82) is 0 Å². The fourth-order valence-electron chi connectivity index (χ4n) is 12.8. The average Bonchev–Trinajstić information content (AvgIpc) is 3.56. The van der Waals surface area contributed by atoms with Gasteiger partial charge >= 0.3 is 0 Å². The first-order valence-corrected chi connectivity index (χ1v) is 16.9. The second kappa shape index (κ2) is 9.71. The lowest BCUT2D eigenvalue weighted by Gasteiger charge is -2.72. The van der Waals surface area contributed by atoms with E-state index in [0.717, 1.165) is 51.7 Å². The van der Waals surface area contributed by atoms with Gasteiger partial charge in [-0.1, -0.05) is 58.6 Å². The summed E-state index contributed by atoms with van der Waals surface area (Å²) in [5.74, 6) is 10.1. The van der Waals surface area contributed by atoms with E-state index in [0.29, 0.717) is 35.4 Å². The van der Waals surface area contributed by atoms with E-state index in [9.17, 15) is 9.90 Å². The highest BCUT2D eigenvalue weighted by atomic mass is 16.3. The van der Waals surface area contributed by atoms with Gasteiger partial charge in [0.1, 0.15) is 11.9 Å². The Morgan fingerprint density at radius 2 is 1.68 bits per heavy atom. The Balaban J connectivity index is 1.33. The third kappa shape index (κ3) is 3.86. The number of aliphatic hydroxyl groups excluding tert-OH is 1. The van der Waals surface area contributed by atoms with Crippen LogP contribution in [0.2, 0.25) is 0 Å². The second-order valence-electron chi connectivity index (χ2n) is 16.8. The molecule has 5 aliphatic carbocycles. The molecule has 222 valence electrons. The highest BCUT2D eigenvalue weighted by Crippen LogP contribution is 2.77. The maximum atomic E-state index is 13.1. The van der Waals surface area contributed by atoms with Gasteiger partial charge < -0.3 is 5.11 Å². The van der Waals surface area contributed by atoms with Crippen LogP contribution >= 0.6 is 0 Å². The van der Waals surface area contributed by atoms with Gasteiger partial charge in [-0.25, -0.2) is 0 Å². The van der Waals surface area contributed by atoms with Crippen molar-refractivity contribution in [1.82, 2.24) is 4.90 Å². The molecule has 0 bridgehead atoms. The van der Waals surface area contributed by atoms with Crippen LogP contribution in [0.4, 0.5) is 0 Å². The van der Waals surface area contributed by atoms with Crippen LogP contribution in [-0.4, -0.2) is 41.5 Å². The molecule has 0 aromatic carbocycles. The molecule has 10 atom stereocenters. The molecule has 0 radical (unpaired) electrons. The highest BCUT2D eigenvalue weighted by molar-refractivity contribution is 5.85. The molecule has 5 saturated carbocycles. The molecule has 6 rings (SSSR count). The van der Waals surface area contributed by atoms with Gasteiger partial charge in [0.15, 0.2) is 0 Å². The Bertz CT molecular complexity index is 1110. The summed E-state index contributed by atoms with van der Waals surface area (Å²) >= 11 is 0. The van der Waals surface area contributed by atoms with E-state index in [-0.39, 0.29) is 27.1 Å². The molecular weight excluding hydrogens is 490 g/mol. The van der Waals surface area contributed by atoms with E-state index in [1.165, 1.54) is 50.5 Å². The molecule has 0 aromatic rings. The van der Waals surface area contributed by atoms with Gasteiger partial charge in [-0.05, 0) is 136 Å². The van der Waals surface area contributed by atoms with Crippen LogP contribution in [0.5, 0.6) is 0 Å². The topological polar surface area (TPSA) is 40.5 Å². The zero-order chi connectivity index (χ0) is 28.7. The summed E-state index contributed by atoms with van der Waals surface area (Å²) in [6, 6.07) is 0. The molecule has 1 heterocycles. The molecule has 40 heavy (non-hydrogen) atoms. The molecule has 6 fully saturated rings. The summed E-state index contributed by atoms with van der Waals surface area (Å²) in [4.78, 5) is 15.5. The van der Waals surface area contributed by atoms with Gasteiger partial charge in [-0.3, -0.25) is 9.69 Å². The fraction of sp³-hybridized carbons (Fsp3) is 0.865. The average molecular weight is 548 g/mol. The number of fused-ring (bicyclic) bond motifs is 7. The minimum absolute atomic E-state index is 0.0879. The van der Waals surface area contributed by atoms with Crippen molar-refractivity contribution in [2.75, 3.05) is 19.6 Å². The van der Waals surface area contributed by atoms with Crippen molar-refractivity contribution in [3.8, 4) is 11.8 Å². The van der Waals surface area contributed by atoms with E-state index in [1.54, 1.807) is 0 Å². The lowest BCUT2D eigenvalue weighted by Crippen LogP contribution is -2.66. The van der Waals surface area contributed by atoms with E-state index >= 15 is 0 Å². The standard InChI is InChI=1S/C37H57NO2/c1-25(2)26-14-19-37(31(40)11-10-24-38-22-8-9-23-38)21-20-35(6)27(32(26)37)12-13-29-34(5)17-16-30(39)33(3,4)28(34)15-18-36(29,35)7/h26-29,31-32,40H,1,8-9,12-24H2,2-7H3/t26-,27+,28-,29+,31+,32+,34-,35+,36+,37+/m0/s1. The Kier molecular flexibility index (Phi) is 7.03. The molecule has 3 nitrogen and oxygen atoms in total. The second-order valence-corrected chi connectivity index (χ2v) is 16.8. The number of ketones is 1. The highest BCUT2D eigenvalue weighted by Gasteiger charge is 2.71. The lowest BCUT2D eigenvalue weighted by atomic mass is 9.32. The number of hydrogen-bond acceptors (Lipinski definition) is 3. The monoisotopic (exact) mass is 547 g/mol. The number of carbonyl (C=O) groups excluding carboxylic acids is 1. The maximum absolute atomic E-state index is 13.1. The first kappa shape index (κ1) is 29.0. The molecule has 6 aliphatic rings. The number of likely N-dealkylation sites (tertiary alicyclic amines) is 1. The Labute approximate surface area is 245 Å². The van der Waals surface area contributed by atoms with Gasteiger partial charge in [0, 0.05) is 17.3 Å². The van der Waals surface area contributed by atoms with Crippen LogP contribution in [-0.2, 0) is 4.79 Å². The predicted molar refractivity (Wildman–Crippen MR) is 163 cm³/mol. The van der Waals surface area contributed by atoms with Gasteiger partial charge in [-0.15, -0.1) is 0 Å². The van der Waals surface area contributed by atoms with Gasteiger partial charge in [0.2, 0.25) is 0 Å². The minimum atomic E-state index is -0.530. The first-order chi connectivity index (χ1) is 18.8. The Morgan fingerprint density at radius 3 is 2.38 bits per heavy atom. The zero-order valence-electron chi connectivity index (χ0n) is 26.6. The lowest BCUT2D eigenvalue weighted by molar-refractivity contribution is -0.238. The largest absolute Gasteiger partial charge is 0.380 e. The molecular formula is C37H57NO2. The summed E-state index contributed by atoms with van der Waals surface area (Å²) in [7, 11) is 0. The fourth-order valence-corrected chi connectivity index (χ4v) is 12.8. The summed E-state index contributed by atoms with van der Waals surface area (Å²) in [5.41, 5.74) is 1.82. The number of Topliss-reactive ketones (excluding diaryl/α,β-unsaturated/α-hetero) is 1. The molecule has 3 heteroatoms. The third-order valence-corrected chi connectivity index (χ3v) is 15.2. The van der Waals surface area contributed by atoms with E-state index in [1.807, 2.05) is 0 Å². The van der Waals surface area contributed by atoms with Crippen LogP contribution in [0, 0.1) is 68.5 Å². The van der Waals surface area contributed by atoms with Crippen molar-refractivity contribution in [3.05, 3.63) is 12.2 Å². The minimum Gasteiger partial charge on any atom is -0.380 e. The number of allylic oxidation sites excluding steroid dienone is 1. The van der Waals surface area contributed by atoms with Crippen molar-refractivity contribution >= 4 is 5.78 Å². The number of carbonyl (C=O) groups is 1. The van der Waals surface area contributed by atoms with Crippen molar-refractivity contribution in [2.45, 2.75) is 125 Å². The number of rotatable bonds is 3. The molecule has 0 unspecified atom stereocenters. The molecule has 1 saturated heterocycles. The maximum Gasteiger partial charge on any atom is 0.138 e. The van der Waals surface area contributed by atoms with Crippen LogP contribution in [0.3, 0.4) is 0 Å². The van der Waals surface area contributed by atoms with E-state index < -0.39 is 6.10 Å². The van der Waals surface area contributed by atoms with Crippen molar-refractivity contribution < 1.29 is 9.90 Å². The van der Waals surface area contributed by atoms with Crippen molar-refractivity contribution in [2.24, 2.45) is 56.7 Å². The number of aliphatic hydroxyl groups is 1. The Hall–Kier alpha value is -1.11.